The van der Waals surface area contributed by atoms with Crippen LogP contribution in [-0.2, 0) is 32.6 Å². The van der Waals surface area contributed by atoms with Crippen molar-refractivity contribution in [3.63, 3.8) is 0 Å². The van der Waals surface area contributed by atoms with Crippen molar-refractivity contribution < 1.29 is 22.7 Å². The van der Waals surface area contributed by atoms with Gasteiger partial charge in [0, 0.05) is 24.0 Å². The van der Waals surface area contributed by atoms with Crippen LogP contribution in [0.1, 0.15) is 43.4 Å². The number of anilines is 1. The highest BCUT2D eigenvalue weighted by Crippen LogP contribution is 2.28. The first-order valence-electron chi connectivity index (χ1n) is 15.8. The number of carbonyl (C=O) groups is 2. The summed E-state index contributed by atoms with van der Waals surface area (Å²) in [6, 6.07) is 29.3. The Morgan fingerprint density at radius 1 is 0.872 bits per heavy atom. The molecule has 4 aromatic carbocycles. The monoisotopic (exact) mass is 719 g/mol. The van der Waals surface area contributed by atoms with E-state index >= 15 is 0 Å². The fourth-order valence-electron chi connectivity index (χ4n) is 5.21. The van der Waals surface area contributed by atoms with Crippen LogP contribution in [0.15, 0.2) is 112 Å². The molecule has 4 rings (SSSR count). The van der Waals surface area contributed by atoms with E-state index in [1.807, 2.05) is 75.4 Å². The normalized spacial score (nSPS) is 11.8. The van der Waals surface area contributed by atoms with Crippen LogP contribution in [0.5, 0.6) is 5.75 Å². The quantitative estimate of drug-likeness (QED) is 0.127. The van der Waals surface area contributed by atoms with Crippen molar-refractivity contribution in [2.24, 2.45) is 0 Å². The second kappa shape index (κ2) is 17.1. The van der Waals surface area contributed by atoms with Crippen LogP contribution in [0.2, 0.25) is 0 Å². The first-order chi connectivity index (χ1) is 22.6. The van der Waals surface area contributed by atoms with Crippen molar-refractivity contribution in [2.45, 2.75) is 57.5 Å². The Bertz CT molecular complexity index is 1720. The van der Waals surface area contributed by atoms with Gasteiger partial charge >= 0.3 is 0 Å². The molecular formula is C37H42BrN3O5S. The second-order valence-electron chi connectivity index (χ2n) is 11.3. The molecule has 0 saturated heterocycles. The van der Waals surface area contributed by atoms with E-state index in [-0.39, 0.29) is 23.8 Å². The van der Waals surface area contributed by atoms with E-state index in [0.717, 1.165) is 38.3 Å². The summed E-state index contributed by atoms with van der Waals surface area (Å²) in [5.74, 6) is -0.212. The Morgan fingerprint density at radius 2 is 1.55 bits per heavy atom. The number of ether oxygens (including phenoxy) is 1. The lowest BCUT2D eigenvalue weighted by Gasteiger charge is -2.34. The SMILES string of the molecule is CCCCNC(=O)C(Cc1ccccc1)N(Cc1cccc(C)c1)C(=O)CN(c1ccc(OCC)cc1)S(=O)(=O)c1ccc(Br)cc1. The summed E-state index contributed by atoms with van der Waals surface area (Å²) in [6.45, 7) is 6.40. The van der Waals surface area contributed by atoms with Gasteiger partial charge < -0.3 is 15.0 Å². The number of nitrogens with zero attached hydrogens (tertiary/aromatic N) is 2. The number of hydrogen-bond acceptors (Lipinski definition) is 5. The molecular weight excluding hydrogens is 678 g/mol. The Balaban J connectivity index is 1.79. The lowest BCUT2D eigenvalue weighted by Crippen LogP contribution is -2.53. The number of rotatable bonds is 16. The van der Waals surface area contributed by atoms with E-state index in [1.165, 1.54) is 17.0 Å². The number of amides is 2. The number of hydrogen-bond donors (Lipinski definition) is 1. The van der Waals surface area contributed by atoms with Crippen LogP contribution in [0.25, 0.3) is 0 Å². The molecule has 0 aromatic heterocycles. The molecule has 1 N–H and O–H groups in total. The third kappa shape index (κ3) is 9.92. The molecule has 47 heavy (non-hydrogen) atoms. The fraction of sp³-hybridized carbons (Fsp3) is 0.297. The third-order valence-electron chi connectivity index (χ3n) is 7.65. The zero-order valence-electron chi connectivity index (χ0n) is 27.1. The van der Waals surface area contributed by atoms with Crippen LogP contribution < -0.4 is 14.4 Å². The molecule has 248 valence electrons. The van der Waals surface area contributed by atoms with E-state index < -0.39 is 28.5 Å². The number of sulfonamides is 1. The Morgan fingerprint density at radius 3 is 2.19 bits per heavy atom. The fourth-order valence-corrected chi connectivity index (χ4v) is 6.88. The molecule has 2 amide bonds. The van der Waals surface area contributed by atoms with Gasteiger partial charge in [0.2, 0.25) is 11.8 Å². The van der Waals surface area contributed by atoms with E-state index in [4.69, 9.17) is 4.74 Å². The topological polar surface area (TPSA) is 96.0 Å². The Hall–Kier alpha value is -4.15. The Labute approximate surface area is 286 Å². The number of benzene rings is 4. The van der Waals surface area contributed by atoms with Crippen LogP contribution in [0, 0.1) is 6.92 Å². The molecule has 10 heteroatoms. The van der Waals surface area contributed by atoms with Crippen LogP contribution in [0.3, 0.4) is 0 Å². The van der Waals surface area contributed by atoms with E-state index in [2.05, 4.69) is 21.2 Å². The van der Waals surface area contributed by atoms with Gasteiger partial charge in [-0.2, -0.15) is 0 Å². The molecule has 1 unspecified atom stereocenters. The highest BCUT2D eigenvalue weighted by molar-refractivity contribution is 9.10. The summed E-state index contributed by atoms with van der Waals surface area (Å²) in [4.78, 5) is 30.0. The number of carbonyl (C=O) groups excluding carboxylic acids is 2. The maximum Gasteiger partial charge on any atom is 0.264 e. The van der Waals surface area contributed by atoms with Gasteiger partial charge in [0.1, 0.15) is 18.3 Å². The summed E-state index contributed by atoms with van der Waals surface area (Å²) >= 11 is 3.37. The smallest absolute Gasteiger partial charge is 0.264 e. The average Bonchev–Trinajstić information content (AvgIpc) is 3.06. The number of nitrogens with one attached hydrogen (secondary N) is 1. The average molecular weight is 721 g/mol. The minimum Gasteiger partial charge on any atom is -0.494 e. The number of aryl methyl sites for hydroxylation is 1. The van der Waals surface area contributed by atoms with E-state index in [0.29, 0.717) is 24.6 Å². The van der Waals surface area contributed by atoms with Gasteiger partial charge in [-0.15, -0.1) is 0 Å². The molecule has 0 radical (unpaired) electrons. The zero-order valence-corrected chi connectivity index (χ0v) is 29.5. The summed E-state index contributed by atoms with van der Waals surface area (Å²) in [5, 5.41) is 3.02. The molecule has 0 heterocycles. The zero-order chi connectivity index (χ0) is 33.8. The highest BCUT2D eigenvalue weighted by Gasteiger charge is 2.34. The maximum atomic E-state index is 14.6. The molecule has 4 aromatic rings. The molecule has 0 saturated carbocycles. The second-order valence-corrected chi connectivity index (χ2v) is 14.0. The van der Waals surface area contributed by atoms with Crippen molar-refractivity contribution in [3.8, 4) is 5.75 Å². The molecule has 0 aliphatic heterocycles. The van der Waals surface area contributed by atoms with Gasteiger partial charge in [0.15, 0.2) is 0 Å². The van der Waals surface area contributed by atoms with Gasteiger partial charge in [0.05, 0.1) is 17.2 Å². The summed E-state index contributed by atoms with van der Waals surface area (Å²) < 4.78 is 35.8. The molecule has 1 atom stereocenters. The van der Waals surface area contributed by atoms with Crippen molar-refractivity contribution >= 4 is 43.5 Å². The standard InChI is InChI=1S/C37H42BrN3O5S/c1-4-6-23-39-37(43)35(25-29-12-8-7-9-13-29)40(26-30-14-10-11-28(3)24-30)36(42)27-41(32-17-19-33(20-18-32)46-5-2)47(44,45)34-21-15-31(38)16-22-34/h7-22,24,35H,4-6,23,25-27H2,1-3H3,(H,39,43). The minimum absolute atomic E-state index is 0.0331. The summed E-state index contributed by atoms with van der Waals surface area (Å²) in [7, 11) is -4.20. The molecule has 0 bridgehead atoms. The predicted molar refractivity (Wildman–Crippen MR) is 190 cm³/mol. The highest BCUT2D eigenvalue weighted by atomic mass is 79.9. The summed E-state index contributed by atoms with van der Waals surface area (Å²) in [5.41, 5.74) is 3.03. The lowest BCUT2D eigenvalue weighted by atomic mass is 10.0. The first kappa shape index (κ1) is 35.7. The van der Waals surface area contributed by atoms with Gasteiger partial charge in [0.25, 0.3) is 10.0 Å². The third-order valence-corrected chi connectivity index (χ3v) is 9.97. The maximum absolute atomic E-state index is 14.6. The van der Waals surface area contributed by atoms with Crippen LogP contribution >= 0.6 is 15.9 Å². The van der Waals surface area contributed by atoms with Crippen molar-refractivity contribution in [1.29, 1.82) is 0 Å². The van der Waals surface area contributed by atoms with Crippen LogP contribution in [-0.4, -0.2) is 50.9 Å². The molecule has 0 spiro atoms. The van der Waals surface area contributed by atoms with Gasteiger partial charge in [-0.3, -0.25) is 13.9 Å². The molecule has 0 aliphatic carbocycles. The largest absolute Gasteiger partial charge is 0.494 e. The summed E-state index contributed by atoms with van der Waals surface area (Å²) in [6.07, 6.45) is 1.96. The number of halogens is 1. The van der Waals surface area contributed by atoms with Crippen LogP contribution in [0.4, 0.5) is 5.69 Å². The number of unbranched alkanes of at least 4 members (excludes halogenated alkanes) is 1. The van der Waals surface area contributed by atoms with E-state index in [9.17, 15) is 18.0 Å². The van der Waals surface area contributed by atoms with Crippen molar-refractivity contribution in [3.05, 3.63) is 124 Å². The van der Waals surface area contributed by atoms with Gasteiger partial charge in [-0.1, -0.05) is 89.4 Å². The van der Waals surface area contributed by atoms with E-state index in [1.54, 1.807) is 36.4 Å². The molecule has 0 fully saturated rings. The predicted octanol–water partition coefficient (Wildman–Crippen LogP) is 6.91. The minimum atomic E-state index is -4.20. The lowest BCUT2D eigenvalue weighted by molar-refractivity contribution is -0.140. The van der Waals surface area contributed by atoms with Gasteiger partial charge in [-0.05, 0) is 79.9 Å². The molecule has 8 nitrogen and oxygen atoms in total. The van der Waals surface area contributed by atoms with Gasteiger partial charge in [-0.25, -0.2) is 8.42 Å². The van der Waals surface area contributed by atoms with Crippen molar-refractivity contribution in [1.82, 2.24) is 10.2 Å². The Kier molecular flexibility index (Phi) is 13.0. The van der Waals surface area contributed by atoms with Crippen molar-refractivity contribution in [2.75, 3.05) is 24.0 Å². The molecule has 0 aliphatic rings. The first-order valence-corrected chi connectivity index (χ1v) is 18.0.